The first-order valence-corrected chi connectivity index (χ1v) is 3.88. The van der Waals surface area contributed by atoms with Crippen molar-refractivity contribution in [1.82, 2.24) is 4.98 Å². The molecule has 6 heteroatoms. The van der Waals surface area contributed by atoms with E-state index in [1.54, 1.807) is 0 Å². The van der Waals surface area contributed by atoms with Crippen molar-refractivity contribution in [2.24, 2.45) is 0 Å². The molecular formula is C8H10N2O4. The van der Waals surface area contributed by atoms with Crippen LogP contribution in [0.5, 0.6) is 0 Å². The number of carbonyl (C=O) groups is 1. The first-order valence-electron chi connectivity index (χ1n) is 3.88. The molecule has 0 atom stereocenters. The molecule has 0 radical (unpaired) electrons. The van der Waals surface area contributed by atoms with Crippen molar-refractivity contribution in [1.29, 1.82) is 0 Å². The van der Waals surface area contributed by atoms with Crippen LogP contribution >= 0.6 is 0 Å². The maximum atomic E-state index is 10.3. The molecule has 76 valence electrons. The number of hydrogen-bond acceptors (Lipinski definition) is 4. The molecule has 0 aromatic carbocycles. The number of carboxylic acid groups (broad SMARTS) is 1. The van der Waals surface area contributed by atoms with Gasteiger partial charge in [0.15, 0.2) is 0 Å². The SMILES string of the molecule is O=C(O)Nc1nc(CO)ccc1CO. The zero-order valence-corrected chi connectivity index (χ0v) is 7.27. The lowest BCUT2D eigenvalue weighted by atomic mass is 10.2. The van der Waals surface area contributed by atoms with E-state index < -0.39 is 6.09 Å². The molecule has 0 aliphatic heterocycles. The van der Waals surface area contributed by atoms with E-state index in [4.69, 9.17) is 15.3 Å². The number of anilines is 1. The number of amides is 1. The van der Waals surface area contributed by atoms with Crippen molar-refractivity contribution in [3.8, 4) is 0 Å². The highest BCUT2D eigenvalue weighted by molar-refractivity contribution is 5.82. The Hall–Kier alpha value is -1.66. The van der Waals surface area contributed by atoms with Gasteiger partial charge in [-0.15, -0.1) is 0 Å². The molecule has 0 fully saturated rings. The molecule has 6 nitrogen and oxygen atoms in total. The first-order chi connectivity index (χ1) is 6.67. The Morgan fingerprint density at radius 3 is 2.57 bits per heavy atom. The average Bonchev–Trinajstić information content (AvgIpc) is 2.16. The minimum absolute atomic E-state index is 0.0477. The van der Waals surface area contributed by atoms with Crippen molar-refractivity contribution >= 4 is 11.9 Å². The molecule has 0 aliphatic carbocycles. The van der Waals surface area contributed by atoms with E-state index in [1.807, 2.05) is 5.32 Å². The first kappa shape index (κ1) is 10.4. The van der Waals surface area contributed by atoms with Gasteiger partial charge in [0.2, 0.25) is 0 Å². The third-order valence-corrected chi connectivity index (χ3v) is 1.59. The summed E-state index contributed by atoms with van der Waals surface area (Å²) in [6, 6.07) is 3.02. The number of nitrogens with zero attached hydrogens (tertiary/aromatic N) is 1. The van der Waals surface area contributed by atoms with Gasteiger partial charge in [-0.05, 0) is 6.07 Å². The lowest BCUT2D eigenvalue weighted by Gasteiger charge is -2.06. The van der Waals surface area contributed by atoms with Crippen LogP contribution in [-0.2, 0) is 13.2 Å². The third-order valence-electron chi connectivity index (χ3n) is 1.59. The summed E-state index contributed by atoms with van der Waals surface area (Å²) in [5, 5.41) is 28.1. The van der Waals surface area contributed by atoms with E-state index in [2.05, 4.69) is 4.98 Å². The van der Waals surface area contributed by atoms with Crippen LogP contribution in [0.2, 0.25) is 0 Å². The lowest BCUT2D eigenvalue weighted by Crippen LogP contribution is -2.12. The fourth-order valence-electron chi connectivity index (χ4n) is 0.954. The van der Waals surface area contributed by atoms with Gasteiger partial charge in [-0.3, -0.25) is 5.32 Å². The topological polar surface area (TPSA) is 103 Å². The Morgan fingerprint density at radius 2 is 2.07 bits per heavy atom. The molecule has 1 heterocycles. The zero-order chi connectivity index (χ0) is 10.6. The van der Waals surface area contributed by atoms with Crippen LogP contribution in [-0.4, -0.2) is 26.4 Å². The molecule has 14 heavy (non-hydrogen) atoms. The van der Waals surface area contributed by atoms with Gasteiger partial charge in [0.25, 0.3) is 0 Å². The molecule has 1 aromatic heterocycles. The number of aliphatic hydroxyl groups excluding tert-OH is 2. The van der Waals surface area contributed by atoms with E-state index >= 15 is 0 Å². The van der Waals surface area contributed by atoms with Gasteiger partial charge >= 0.3 is 6.09 Å². The second kappa shape index (κ2) is 4.54. The minimum atomic E-state index is -1.26. The summed E-state index contributed by atoms with van der Waals surface area (Å²) in [6.07, 6.45) is -1.26. The van der Waals surface area contributed by atoms with Crippen LogP contribution < -0.4 is 5.32 Å². The predicted octanol–water partition coefficient (Wildman–Crippen LogP) is 0.156. The second-order valence-corrected chi connectivity index (χ2v) is 2.56. The molecule has 1 aromatic rings. The number of nitrogens with one attached hydrogen (secondary N) is 1. The molecule has 0 aliphatic rings. The van der Waals surface area contributed by atoms with E-state index in [9.17, 15) is 4.79 Å². The monoisotopic (exact) mass is 198 g/mol. The molecule has 4 N–H and O–H groups in total. The Balaban J connectivity index is 3.01. The highest BCUT2D eigenvalue weighted by Crippen LogP contribution is 2.13. The summed E-state index contributed by atoms with van der Waals surface area (Å²) in [6.45, 7) is -0.589. The quantitative estimate of drug-likeness (QED) is 0.553. The summed E-state index contributed by atoms with van der Waals surface area (Å²) in [4.78, 5) is 14.1. The summed E-state index contributed by atoms with van der Waals surface area (Å²) in [7, 11) is 0. The van der Waals surface area contributed by atoms with Crippen LogP contribution in [0.3, 0.4) is 0 Å². The average molecular weight is 198 g/mol. The van der Waals surface area contributed by atoms with E-state index in [0.29, 0.717) is 11.3 Å². The van der Waals surface area contributed by atoms with Crippen molar-refractivity contribution in [2.45, 2.75) is 13.2 Å². The number of hydrogen-bond donors (Lipinski definition) is 4. The number of rotatable bonds is 3. The summed E-state index contributed by atoms with van der Waals surface area (Å²) < 4.78 is 0. The maximum Gasteiger partial charge on any atom is 0.410 e. The van der Waals surface area contributed by atoms with Gasteiger partial charge in [-0.25, -0.2) is 9.78 Å². The predicted molar refractivity (Wildman–Crippen MR) is 47.7 cm³/mol. The Kier molecular flexibility index (Phi) is 3.38. The van der Waals surface area contributed by atoms with E-state index in [1.165, 1.54) is 12.1 Å². The van der Waals surface area contributed by atoms with Gasteiger partial charge in [-0.2, -0.15) is 0 Å². The third kappa shape index (κ3) is 2.41. The van der Waals surface area contributed by atoms with Crippen LogP contribution in [0.4, 0.5) is 10.6 Å². The van der Waals surface area contributed by atoms with E-state index in [-0.39, 0.29) is 19.0 Å². The highest BCUT2D eigenvalue weighted by Gasteiger charge is 2.07. The molecular weight excluding hydrogens is 188 g/mol. The summed E-state index contributed by atoms with van der Waals surface area (Å²) in [5.74, 6) is 0.0477. The Labute approximate surface area is 79.8 Å². The van der Waals surface area contributed by atoms with Gasteiger partial charge in [0, 0.05) is 5.56 Å². The second-order valence-electron chi connectivity index (χ2n) is 2.56. The highest BCUT2D eigenvalue weighted by atomic mass is 16.4. The summed E-state index contributed by atoms with van der Waals surface area (Å²) >= 11 is 0. The molecule has 0 saturated carbocycles. The Morgan fingerprint density at radius 1 is 1.36 bits per heavy atom. The number of pyridine rings is 1. The summed E-state index contributed by atoms with van der Waals surface area (Å²) in [5.41, 5.74) is 0.704. The smallest absolute Gasteiger partial charge is 0.410 e. The van der Waals surface area contributed by atoms with Gasteiger partial charge in [0.1, 0.15) is 5.82 Å². The molecule has 0 saturated heterocycles. The normalized spacial score (nSPS) is 9.86. The van der Waals surface area contributed by atoms with Crippen molar-refractivity contribution < 1.29 is 20.1 Å². The van der Waals surface area contributed by atoms with Crippen LogP contribution in [0.15, 0.2) is 12.1 Å². The van der Waals surface area contributed by atoms with E-state index in [0.717, 1.165) is 0 Å². The molecule has 0 unspecified atom stereocenters. The fraction of sp³-hybridized carbons (Fsp3) is 0.250. The standard InChI is InChI=1S/C8H10N2O4/c11-3-5-1-2-6(4-12)9-7(5)10-8(13)14/h1-2,11-12H,3-4H2,(H,9,10)(H,13,14). The van der Waals surface area contributed by atoms with Crippen molar-refractivity contribution in [3.63, 3.8) is 0 Å². The minimum Gasteiger partial charge on any atom is -0.465 e. The van der Waals surface area contributed by atoms with Gasteiger partial charge in [0.05, 0.1) is 18.9 Å². The Bertz CT molecular complexity index is 340. The zero-order valence-electron chi connectivity index (χ0n) is 7.27. The number of aliphatic hydroxyl groups is 2. The van der Waals surface area contributed by atoms with Crippen molar-refractivity contribution in [2.75, 3.05) is 5.32 Å². The maximum absolute atomic E-state index is 10.3. The fourth-order valence-corrected chi connectivity index (χ4v) is 0.954. The molecule has 0 spiro atoms. The largest absolute Gasteiger partial charge is 0.465 e. The molecule has 1 rings (SSSR count). The lowest BCUT2D eigenvalue weighted by molar-refractivity contribution is 0.209. The number of aromatic nitrogens is 1. The molecule has 1 amide bonds. The van der Waals surface area contributed by atoms with Crippen LogP contribution in [0.25, 0.3) is 0 Å². The molecule has 0 bridgehead atoms. The van der Waals surface area contributed by atoms with Crippen LogP contribution in [0, 0.1) is 0 Å². The van der Waals surface area contributed by atoms with Crippen LogP contribution in [0.1, 0.15) is 11.3 Å². The van der Waals surface area contributed by atoms with Gasteiger partial charge in [-0.1, -0.05) is 6.07 Å². The van der Waals surface area contributed by atoms with Gasteiger partial charge < -0.3 is 15.3 Å². The van der Waals surface area contributed by atoms with Crippen molar-refractivity contribution in [3.05, 3.63) is 23.4 Å².